The molecule has 7 heteroatoms. The summed E-state index contributed by atoms with van der Waals surface area (Å²) in [6.07, 6.45) is 0. The molecule has 11 rings (SSSR count). The summed E-state index contributed by atoms with van der Waals surface area (Å²) in [6, 6.07) is 69.5. The van der Waals surface area contributed by atoms with Gasteiger partial charge in [0.05, 0.1) is 55.7 Å². The van der Waals surface area contributed by atoms with Crippen molar-refractivity contribution in [2.45, 2.75) is 0 Å². The Balaban J connectivity index is 1.00. The Labute approximate surface area is 330 Å². The molecule has 0 N–H and O–H groups in total. The van der Waals surface area contributed by atoms with Crippen LogP contribution in [-0.2, 0) is 0 Å². The maximum atomic E-state index is 5.35. The number of fused-ring (bicyclic) bond motifs is 6. The van der Waals surface area contributed by atoms with Gasteiger partial charge in [-0.15, -0.1) is 0 Å². The van der Waals surface area contributed by atoms with Crippen LogP contribution in [0.2, 0.25) is 0 Å². The molecule has 0 aliphatic rings. The molecule has 0 bridgehead atoms. The van der Waals surface area contributed by atoms with Crippen LogP contribution >= 0.6 is 7.92 Å². The Hall–Kier alpha value is -7.27. The average Bonchev–Trinajstić information content (AvgIpc) is 3.80. The van der Waals surface area contributed by atoms with Gasteiger partial charge < -0.3 is 0 Å². The molecule has 57 heavy (non-hydrogen) atoms. The molecule has 5 aromatic carbocycles. The predicted molar refractivity (Wildman–Crippen MR) is 236 cm³/mol. The highest BCUT2D eigenvalue weighted by atomic mass is 31.1. The molecule has 0 fully saturated rings. The highest BCUT2D eigenvalue weighted by Gasteiger charge is 2.22. The van der Waals surface area contributed by atoms with Crippen LogP contribution in [0.15, 0.2) is 200 Å². The number of nitrogens with zero attached hydrogens (tertiary/aromatic N) is 6. The lowest BCUT2D eigenvalue weighted by Gasteiger charge is -2.19. The maximum absolute atomic E-state index is 5.35. The number of aromatic nitrogens is 6. The highest BCUT2D eigenvalue weighted by Crippen LogP contribution is 2.35. The van der Waals surface area contributed by atoms with Gasteiger partial charge in [-0.1, -0.05) is 127 Å². The lowest BCUT2D eigenvalue weighted by Crippen LogP contribution is -2.25. The third-order valence-corrected chi connectivity index (χ3v) is 12.8. The van der Waals surface area contributed by atoms with Gasteiger partial charge in [0, 0.05) is 29.5 Å². The van der Waals surface area contributed by atoms with Crippen LogP contribution < -0.4 is 16.2 Å². The van der Waals surface area contributed by atoms with E-state index in [0.29, 0.717) is 0 Å². The van der Waals surface area contributed by atoms with E-state index in [1.165, 1.54) is 26.8 Å². The Morgan fingerprint density at radius 3 is 1.02 bits per heavy atom. The molecule has 0 atom stereocenters. The van der Waals surface area contributed by atoms with Crippen LogP contribution in [-0.4, -0.2) is 29.1 Å². The second kappa shape index (κ2) is 13.8. The molecule has 0 aliphatic carbocycles. The van der Waals surface area contributed by atoms with E-state index >= 15 is 0 Å². The Bertz CT molecular complexity index is 2970. The molecule has 6 aromatic heterocycles. The monoisotopic (exact) mass is 748 g/mol. The first-order chi connectivity index (χ1) is 28.3. The predicted octanol–water partition coefficient (Wildman–Crippen LogP) is 10.6. The minimum absolute atomic E-state index is 0.812. The average molecular weight is 749 g/mol. The topological polar surface area (TPSA) is 61.4 Å². The summed E-state index contributed by atoms with van der Waals surface area (Å²) in [5, 5.41) is 5.99. The van der Waals surface area contributed by atoms with Crippen molar-refractivity contribution in [2.75, 3.05) is 0 Å². The molecule has 0 amide bonds. The van der Waals surface area contributed by atoms with Crippen molar-refractivity contribution in [3.8, 4) is 34.4 Å². The summed E-state index contributed by atoms with van der Waals surface area (Å²) in [6.45, 7) is 0. The number of hydrogen-bond donors (Lipinski definition) is 0. The van der Waals surface area contributed by atoms with Gasteiger partial charge in [-0.25, -0.2) is 19.9 Å². The maximum Gasteiger partial charge on any atom is 0.138 e. The minimum atomic E-state index is -1.13. The Kier molecular flexibility index (Phi) is 8.01. The highest BCUT2D eigenvalue weighted by molar-refractivity contribution is 7.79. The van der Waals surface area contributed by atoms with Crippen molar-refractivity contribution in [2.24, 2.45) is 0 Å². The first-order valence-electron chi connectivity index (χ1n) is 19.0. The van der Waals surface area contributed by atoms with Gasteiger partial charge in [-0.3, -0.25) is 9.13 Å². The molecule has 6 nitrogen and oxygen atoms in total. The molecule has 0 spiro atoms. The van der Waals surface area contributed by atoms with E-state index in [4.69, 9.17) is 19.9 Å². The third-order valence-electron chi connectivity index (χ3n) is 10.6. The summed E-state index contributed by atoms with van der Waals surface area (Å²) >= 11 is 0. The molecular formula is C50H33N6P. The zero-order valence-electron chi connectivity index (χ0n) is 30.7. The van der Waals surface area contributed by atoms with Gasteiger partial charge in [-0.2, -0.15) is 0 Å². The quantitative estimate of drug-likeness (QED) is 0.152. The fraction of sp³-hybridized carbons (Fsp3) is 0. The fourth-order valence-corrected chi connectivity index (χ4v) is 10.2. The summed E-state index contributed by atoms with van der Waals surface area (Å²) in [5.74, 6) is 1.71. The van der Waals surface area contributed by atoms with Gasteiger partial charge in [-0.05, 0) is 78.1 Å². The SMILES string of the molecule is c1ccc(P(c2cccc(-c3cccc(-n4c5ccccc5c5ccccc54)n3)n2)c2cccc(-c3cccc(-n4c5ccccc5c5ccccc54)n3)n2)cc1. The van der Waals surface area contributed by atoms with Crippen molar-refractivity contribution >= 4 is 67.7 Å². The van der Waals surface area contributed by atoms with Crippen LogP contribution in [0.1, 0.15) is 0 Å². The number of benzene rings is 5. The van der Waals surface area contributed by atoms with Gasteiger partial charge >= 0.3 is 0 Å². The zero-order chi connectivity index (χ0) is 37.7. The number of para-hydroxylation sites is 4. The van der Waals surface area contributed by atoms with E-state index in [-0.39, 0.29) is 0 Å². The largest absolute Gasteiger partial charge is 0.294 e. The smallest absolute Gasteiger partial charge is 0.138 e. The van der Waals surface area contributed by atoms with Crippen LogP contribution in [0.3, 0.4) is 0 Å². The molecule has 11 aromatic rings. The first kappa shape index (κ1) is 33.1. The van der Waals surface area contributed by atoms with Crippen molar-refractivity contribution in [3.05, 3.63) is 200 Å². The van der Waals surface area contributed by atoms with E-state index in [1.807, 2.05) is 24.3 Å². The standard InChI is InChI=1S/C50H33N6P/c1-2-16-34(17-3-1)57(49-32-14-24-41(53-49)39-22-12-30-47(51-39)55-43-26-8-4-18-35(43)36-19-5-9-27-44(36)55)50-33-15-25-42(54-50)40-23-13-31-48(52-40)56-45-28-10-6-20-37(45)38-21-7-11-29-46(38)56/h1-33H. The van der Waals surface area contributed by atoms with Gasteiger partial charge in [0.1, 0.15) is 11.6 Å². The molecule has 6 heterocycles. The molecule has 0 radical (unpaired) electrons. The lowest BCUT2D eigenvalue weighted by atomic mass is 10.2. The van der Waals surface area contributed by atoms with Gasteiger partial charge in [0.25, 0.3) is 0 Å². The van der Waals surface area contributed by atoms with E-state index < -0.39 is 7.92 Å². The van der Waals surface area contributed by atoms with E-state index in [1.54, 1.807) is 0 Å². The molecule has 268 valence electrons. The molecule has 0 saturated carbocycles. The van der Waals surface area contributed by atoms with Crippen molar-refractivity contribution in [3.63, 3.8) is 0 Å². The minimum Gasteiger partial charge on any atom is -0.294 e. The zero-order valence-corrected chi connectivity index (χ0v) is 31.6. The van der Waals surface area contributed by atoms with Crippen LogP contribution in [0.5, 0.6) is 0 Å². The number of rotatable bonds is 7. The third kappa shape index (κ3) is 5.69. The summed E-state index contributed by atoms with van der Waals surface area (Å²) in [7, 11) is -1.13. The second-order valence-electron chi connectivity index (χ2n) is 13.9. The first-order valence-corrected chi connectivity index (χ1v) is 20.3. The van der Waals surface area contributed by atoms with Gasteiger partial charge in [0.15, 0.2) is 0 Å². The molecule has 0 unspecified atom stereocenters. The summed E-state index contributed by atoms with van der Waals surface area (Å²) in [4.78, 5) is 21.2. The van der Waals surface area contributed by atoms with E-state index in [0.717, 1.165) is 67.3 Å². The van der Waals surface area contributed by atoms with Crippen molar-refractivity contribution in [1.29, 1.82) is 0 Å². The number of pyridine rings is 4. The van der Waals surface area contributed by atoms with Crippen molar-refractivity contribution in [1.82, 2.24) is 29.1 Å². The normalized spacial score (nSPS) is 11.7. The van der Waals surface area contributed by atoms with Crippen LogP contribution in [0.4, 0.5) is 0 Å². The molecule has 0 aliphatic heterocycles. The summed E-state index contributed by atoms with van der Waals surface area (Å²) < 4.78 is 4.49. The van der Waals surface area contributed by atoms with E-state index in [9.17, 15) is 0 Å². The molecule has 0 saturated heterocycles. The van der Waals surface area contributed by atoms with E-state index in [2.05, 4.69) is 185 Å². The van der Waals surface area contributed by atoms with Gasteiger partial charge in [0.2, 0.25) is 0 Å². The van der Waals surface area contributed by atoms with Crippen molar-refractivity contribution < 1.29 is 0 Å². The molecular weight excluding hydrogens is 716 g/mol. The summed E-state index contributed by atoms with van der Waals surface area (Å²) in [5.41, 5.74) is 9.66. The number of hydrogen-bond acceptors (Lipinski definition) is 4. The Morgan fingerprint density at radius 1 is 0.281 bits per heavy atom. The fourth-order valence-electron chi connectivity index (χ4n) is 8.06. The Morgan fingerprint density at radius 2 is 0.614 bits per heavy atom. The lowest BCUT2D eigenvalue weighted by molar-refractivity contribution is 1.08. The van der Waals surface area contributed by atoms with Crippen LogP contribution in [0.25, 0.3) is 78.0 Å². The second-order valence-corrected chi connectivity index (χ2v) is 16.0. The van der Waals surface area contributed by atoms with Crippen LogP contribution in [0, 0.1) is 0 Å².